The predicted molar refractivity (Wildman–Crippen MR) is 232 cm³/mol. The van der Waals surface area contributed by atoms with E-state index in [0.717, 1.165) is 0 Å². The van der Waals surface area contributed by atoms with Gasteiger partial charge in [0.15, 0.2) is 0 Å². The fraction of sp³-hybridized carbons (Fsp3) is 0.388. The van der Waals surface area contributed by atoms with Gasteiger partial charge in [-0.05, 0) is 101 Å². The van der Waals surface area contributed by atoms with Crippen LogP contribution in [-0.4, -0.2) is 25.8 Å². The Hall–Kier alpha value is -4.60. The second-order valence-corrected chi connectivity index (χ2v) is 19.8. The molecule has 1 aliphatic rings. The Bertz CT molecular complexity index is 2490. The molecule has 3 nitrogen and oxygen atoms in total. The van der Waals surface area contributed by atoms with Crippen molar-refractivity contribution in [1.82, 2.24) is 0 Å². The van der Waals surface area contributed by atoms with Crippen LogP contribution < -0.4 is 9.47 Å². The molecule has 6 rings (SSSR count). The van der Waals surface area contributed by atoms with Crippen molar-refractivity contribution >= 4 is 23.2 Å². The number of ether oxygens (including phenoxy) is 2. The second-order valence-electron chi connectivity index (χ2n) is 18.9. The molecule has 0 unspecified atom stereocenters. The first kappa shape index (κ1) is 50.8. The van der Waals surface area contributed by atoms with Gasteiger partial charge < -0.3 is 14.0 Å². The van der Waals surface area contributed by atoms with Crippen LogP contribution in [0.1, 0.15) is 105 Å². The molecule has 0 amide bonds. The van der Waals surface area contributed by atoms with E-state index in [4.69, 9.17) is 32.7 Å². The zero-order chi connectivity index (χ0) is 49.7. The van der Waals surface area contributed by atoms with Gasteiger partial charge in [-0.25, -0.2) is 0 Å². The van der Waals surface area contributed by atoms with E-state index in [1.807, 2.05) is 0 Å². The lowest BCUT2D eigenvalue weighted by Gasteiger charge is -2.41. The summed E-state index contributed by atoms with van der Waals surface area (Å²) in [6.45, 7) is 11.8. The average molecular weight is 980 g/mol. The van der Waals surface area contributed by atoms with Crippen molar-refractivity contribution in [3.63, 3.8) is 0 Å². The minimum atomic E-state index is -5.24. The first-order valence-corrected chi connectivity index (χ1v) is 21.1. The van der Waals surface area contributed by atoms with Crippen molar-refractivity contribution in [2.75, 3.05) is 21.3 Å². The van der Waals surface area contributed by atoms with E-state index >= 15 is 0 Å². The van der Waals surface area contributed by atoms with Gasteiger partial charge in [-0.1, -0.05) is 70.8 Å². The molecule has 0 fully saturated rings. The molecule has 1 heterocycles. The summed E-state index contributed by atoms with van der Waals surface area (Å²) >= 11 is 13.1. The Morgan fingerprint density at radius 1 is 0.515 bits per heavy atom. The molecule has 356 valence electrons. The van der Waals surface area contributed by atoms with Crippen LogP contribution in [0.2, 0.25) is 10.0 Å². The van der Waals surface area contributed by atoms with E-state index in [-0.39, 0.29) is 84.6 Å². The van der Waals surface area contributed by atoms with Crippen LogP contribution >= 0.6 is 23.2 Å². The smallest absolute Gasteiger partial charge is 0.416 e. The highest BCUT2D eigenvalue weighted by Crippen LogP contribution is 2.56. The van der Waals surface area contributed by atoms with Gasteiger partial charge in [0.25, 0.3) is 0 Å². The molecule has 0 aromatic heterocycles. The van der Waals surface area contributed by atoms with Crippen LogP contribution in [0.4, 0.5) is 52.7 Å². The van der Waals surface area contributed by atoms with E-state index in [2.05, 4.69) is 0 Å². The van der Waals surface area contributed by atoms with Gasteiger partial charge in [0, 0.05) is 44.0 Å². The van der Waals surface area contributed by atoms with Gasteiger partial charge in [-0.3, -0.25) is 0 Å². The molecule has 1 aliphatic heterocycles. The molecule has 17 heteroatoms. The number of hydrogen-bond acceptors (Lipinski definition) is 2. The Labute approximate surface area is 384 Å². The molecule has 66 heavy (non-hydrogen) atoms. The van der Waals surface area contributed by atoms with E-state index in [9.17, 15) is 52.7 Å². The molecule has 0 saturated carbocycles. The molecule has 0 aliphatic carbocycles. The maximum Gasteiger partial charge on any atom is 0.416 e. The number of halogens is 14. The normalized spacial score (nSPS) is 15.2. The van der Waals surface area contributed by atoms with Gasteiger partial charge in [-0.2, -0.15) is 52.7 Å². The van der Waals surface area contributed by atoms with Gasteiger partial charge in [-0.15, -0.1) is 0 Å². The molecular weight excluding hydrogens is 933 g/mol. The minimum absolute atomic E-state index is 0.0147. The summed E-state index contributed by atoms with van der Waals surface area (Å²) in [5, 5.41) is 0.449. The monoisotopic (exact) mass is 978 g/mol. The lowest BCUT2D eigenvalue weighted by molar-refractivity contribution is -0.962. The number of nitrogens with zero attached hydrogens (tertiary/aromatic N) is 1. The molecular formula is C49H46Cl2F12NO2+. The summed E-state index contributed by atoms with van der Waals surface area (Å²) in [5.41, 5.74) is -7.53. The molecule has 0 N–H and O–H groups in total. The minimum Gasteiger partial charge on any atom is -0.496 e. The lowest BCUT2D eigenvalue weighted by atomic mass is 9.76. The highest BCUT2D eigenvalue weighted by molar-refractivity contribution is 6.35. The quantitative estimate of drug-likeness (QED) is 0.125. The fourth-order valence-electron chi connectivity index (χ4n) is 8.79. The number of alkyl halides is 12. The average Bonchev–Trinajstić information content (AvgIpc) is 3.30. The molecule has 5 aromatic rings. The Kier molecular flexibility index (Phi) is 13.0. The van der Waals surface area contributed by atoms with Crippen LogP contribution in [0.25, 0.3) is 33.4 Å². The van der Waals surface area contributed by atoms with Crippen LogP contribution in [0, 0.1) is 0 Å². The molecule has 0 radical (unpaired) electrons. The van der Waals surface area contributed by atoms with Crippen LogP contribution in [0.3, 0.4) is 0 Å². The van der Waals surface area contributed by atoms with Crippen molar-refractivity contribution in [1.29, 1.82) is 0 Å². The van der Waals surface area contributed by atoms with Gasteiger partial charge in [0.1, 0.15) is 30.6 Å². The number of methoxy groups -OCH3 is 2. The largest absolute Gasteiger partial charge is 0.496 e. The van der Waals surface area contributed by atoms with Crippen LogP contribution in [0.15, 0.2) is 66.7 Å². The Morgan fingerprint density at radius 2 is 0.848 bits per heavy atom. The number of quaternary nitrogens is 1. The predicted octanol–water partition coefficient (Wildman–Crippen LogP) is 16.9. The summed E-state index contributed by atoms with van der Waals surface area (Å²) < 4.78 is 188. The highest BCUT2D eigenvalue weighted by atomic mass is 35.5. The first-order chi connectivity index (χ1) is 30.0. The van der Waals surface area contributed by atoms with Gasteiger partial charge in [0.2, 0.25) is 0 Å². The summed E-state index contributed by atoms with van der Waals surface area (Å²) in [4.78, 5) is 0. The second kappa shape index (κ2) is 16.9. The molecule has 5 aromatic carbocycles. The van der Waals surface area contributed by atoms with Crippen LogP contribution in [0.5, 0.6) is 11.5 Å². The van der Waals surface area contributed by atoms with E-state index in [1.165, 1.54) is 20.3 Å². The van der Waals surface area contributed by atoms with Crippen molar-refractivity contribution in [3.8, 4) is 44.9 Å². The number of hydrogen-bond donors (Lipinski definition) is 0. The van der Waals surface area contributed by atoms with Gasteiger partial charge in [0.05, 0.1) is 48.5 Å². The van der Waals surface area contributed by atoms with E-state index < -0.39 is 75.0 Å². The Morgan fingerprint density at radius 3 is 1.12 bits per heavy atom. The van der Waals surface area contributed by atoms with E-state index in [0.29, 0.717) is 41.0 Å². The summed E-state index contributed by atoms with van der Waals surface area (Å²) in [6.07, 6.45) is -21.0. The lowest BCUT2D eigenvalue weighted by Crippen LogP contribution is -2.44. The summed E-state index contributed by atoms with van der Waals surface area (Å²) in [7, 11) is 4.18. The van der Waals surface area contributed by atoms with Crippen molar-refractivity contribution < 1.29 is 66.6 Å². The number of benzene rings is 5. The maximum absolute atomic E-state index is 14.6. The number of fused-ring (bicyclic) bond motifs is 3. The fourth-order valence-corrected chi connectivity index (χ4v) is 9.36. The summed E-state index contributed by atoms with van der Waals surface area (Å²) in [6, 6.07) is 9.73. The van der Waals surface area contributed by atoms with E-state index in [1.54, 1.807) is 79.8 Å². The number of rotatable bonds is 6. The highest BCUT2D eigenvalue weighted by Gasteiger charge is 2.45. The maximum atomic E-state index is 14.6. The standard InChI is InChI=1S/C49H46Cl2F12NO2/c1-24(32-12-11-31(50)19-39(32)51)64(8)22-35-33(20-37(44(2,3)4)42(65-9)40(35)25-13-27(46(52,53)54)17-28(14-25)47(55,56)57)34-21-38(45(5,6)7)43(66-10)41(36(34)23-64)26-15-29(48(58,59)60)18-30(16-26)49(61,62)63/h11-21,24H,22-23H2,1-10H3/q+1/t24-/m1/s1. The molecule has 1 atom stereocenters. The van der Waals surface area contributed by atoms with Gasteiger partial charge >= 0.3 is 24.7 Å². The SMILES string of the molecule is COc1c(C(C)(C)C)cc2c(c1-c1cc(C(F)(F)F)cc(C(F)(F)F)c1)C[N+](C)([C@H](C)c1ccc(Cl)cc1Cl)Cc1c-2cc(C(C)(C)C)c(OC)c1-c1cc(C(F)(F)F)cc(C(F)(F)F)c1. The molecule has 0 spiro atoms. The van der Waals surface area contributed by atoms with Crippen molar-refractivity contribution in [2.24, 2.45) is 0 Å². The first-order valence-electron chi connectivity index (χ1n) is 20.4. The third-order valence-electron chi connectivity index (χ3n) is 12.2. The third kappa shape index (κ3) is 9.72. The molecule has 0 bridgehead atoms. The summed E-state index contributed by atoms with van der Waals surface area (Å²) in [5.74, 6) is -0.0864. The Balaban J connectivity index is 1.95. The topological polar surface area (TPSA) is 18.5 Å². The van der Waals surface area contributed by atoms with Crippen molar-refractivity contribution in [2.45, 2.75) is 103 Å². The van der Waals surface area contributed by atoms with Crippen LogP contribution in [-0.2, 0) is 48.6 Å². The van der Waals surface area contributed by atoms with Crippen molar-refractivity contribution in [3.05, 3.63) is 127 Å². The molecule has 0 saturated heterocycles. The zero-order valence-corrected chi connectivity index (χ0v) is 38.9. The third-order valence-corrected chi connectivity index (χ3v) is 12.8. The zero-order valence-electron chi connectivity index (χ0n) is 37.4.